The molecule has 5 nitrogen and oxygen atoms in total. The van der Waals surface area contributed by atoms with Crippen molar-refractivity contribution in [1.29, 1.82) is 0 Å². The lowest BCUT2D eigenvalue weighted by Crippen LogP contribution is -2.32. The quantitative estimate of drug-likeness (QED) is 0.850. The molecule has 0 radical (unpaired) electrons. The molecule has 2 aromatic rings. The summed E-state index contributed by atoms with van der Waals surface area (Å²) in [7, 11) is 0. The van der Waals surface area contributed by atoms with Gasteiger partial charge in [0.1, 0.15) is 5.82 Å². The third kappa shape index (κ3) is 5.03. The van der Waals surface area contributed by atoms with E-state index in [0.29, 0.717) is 12.5 Å². The zero-order valence-electron chi connectivity index (χ0n) is 15.0. The Morgan fingerprint density at radius 2 is 2.16 bits per heavy atom. The van der Waals surface area contributed by atoms with E-state index in [2.05, 4.69) is 33.5 Å². The zero-order valence-corrected chi connectivity index (χ0v) is 15.0. The minimum Gasteiger partial charge on any atom is -0.370 e. The number of hydrogen-bond donors (Lipinski definition) is 2. The third-order valence-electron chi connectivity index (χ3n) is 4.63. The van der Waals surface area contributed by atoms with Crippen molar-refractivity contribution in [3.05, 3.63) is 53.7 Å². The van der Waals surface area contributed by atoms with Gasteiger partial charge in [-0.15, -0.1) is 0 Å². The first kappa shape index (κ1) is 17.4. The van der Waals surface area contributed by atoms with E-state index in [1.807, 2.05) is 37.3 Å². The predicted molar refractivity (Wildman–Crippen MR) is 102 cm³/mol. The molecule has 0 spiro atoms. The summed E-state index contributed by atoms with van der Waals surface area (Å²) in [4.78, 5) is 18.8. The second kappa shape index (κ2) is 8.12. The van der Waals surface area contributed by atoms with Crippen LogP contribution in [0.15, 0.2) is 42.6 Å². The van der Waals surface area contributed by atoms with Crippen LogP contribution in [0.3, 0.4) is 0 Å². The maximum atomic E-state index is 12.3. The lowest BCUT2D eigenvalue weighted by Gasteiger charge is -2.17. The van der Waals surface area contributed by atoms with E-state index in [1.165, 1.54) is 5.56 Å². The first-order valence-corrected chi connectivity index (χ1v) is 8.84. The van der Waals surface area contributed by atoms with Gasteiger partial charge in [-0.1, -0.05) is 23.8 Å². The first-order chi connectivity index (χ1) is 12.1. The van der Waals surface area contributed by atoms with Crippen LogP contribution in [0.2, 0.25) is 0 Å². The van der Waals surface area contributed by atoms with Crippen molar-refractivity contribution in [2.24, 2.45) is 5.92 Å². The molecule has 132 valence electrons. The molecule has 0 bridgehead atoms. The van der Waals surface area contributed by atoms with Crippen LogP contribution in [0.5, 0.6) is 0 Å². The normalized spacial score (nSPS) is 17.4. The highest BCUT2D eigenvalue weighted by Gasteiger charge is 2.24. The second-order valence-electron chi connectivity index (χ2n) is 6.85. The van der Waals surface area contributed by atoms with Crippen molar-refractivity contribution in [2.75, 3.05) is 36.8 Å². The molecule has 5 heteroatoms. The Morgan fingerprint density at radius 1 is 1.28 bits per heavy atom. The highest BCUT2D eigenvalue weighted by Crippen LogP contribution is 2.18. The van der Waals surface area contributed by atoms with Gasteiger partial charge in [-0.25, -0.2) is 4.98 Å². The number of aromatic nitrogens is 1. The lowest BCUT2D eigenvalue weighted by molar-refractivity contribution is -0.117. The molecule has 1 saturated heterocycles. The smallest absolute Gasteiger partial charge is 0.238 e. The molecule has 1 aromatic heterocycles. The maximum Gasteiger partial charge on any atom is 0.238 e. The molecule has 1 aliphatic rings. The number of pyridine rings is 1. The summed E-state index contributed by atoms with van der Waals surface area (Å²) in [6.45, 7) is 7.34. The molecule has 1 aromatic carbocycles. The summed E-state index contributed by atoms with van der Waals surface area (Å²) in [5.41, 5.74) is 3.22. The van der Waals surface area contributed by atoms with E-state index >= 15 is 0 Å². The highest BCUT2D eigenvalue weighted by molar-refractivity contribution is 5.93. The van der Waals surface area contributed by atoms with E-state index in [-0.39, 0.29) is 5.91 Å². The van der Waals surface area contributed by atoms with E-state index in [4.69, 9.17) is 0 Å². The van der Waals surface area contributed by atoms with Gasteiger partial charge in [0.25, 0.3) is 0 Å². The fraction of sp³-hybridized carbons (Fsp3) is 0.400. The number of rotatable bonds is 6. The Kier molecular flexibility index (Phi) is 5.66. The molecule has 0 aliphatic carbocycles. The molecule has 0 unspecified atom stereocenters. The summed E-state index contributed by atoms with van der Waals surface area (Å²) in [5, 5.41) is 6.41. The summed E-state index contributed by atoms with van der Waals surface area (Å²) in [5.74, 6) is 1.52. The van der Waals surface area contributed by atoms with Crippen LogP contribution >= 0.6 is 0 Å². The summed E-state index contributed by atoms with van der Waals surface area (Å²) >= 11 is 0. The third-order valence-corrected chi connectivity index (χ3v) is 4.63. The van der Waals surface area contributed by atoms with Crippen LogP contribution in [-0.4, -0.2) is 42.0 Å². The topological polar surface area (TPSA) is 57.3 Å². The molecule has 2 heterocycles. The Hall–Kier alpha value is -2.40. The van der Waals surface area contributed by atoms with Crippen LogP contribution < -0.4 is 10.6 Å². The Labute approximate surface area is 149 Å². The molecule has 3 rings (SSSR count). The van der Waals surface area contributed by atoms with Crippen LogP contribution in [0, 0.1) is 19.8 Å². The molecular formula is C20H26N4O. The zero-order chi connectivity index (χ0) is 17.6. The number of nitrogens with zero attached hydrogens (tertiary/aromatic N) is 2. The predicted octanol–water partition coefficient (Wildman–Crippen LogP) is 3.07. The molecule has 1 aliphatic heterocycles. The SMILES string of the molecule is Cc1ccc(NC(=O)CN2CC[C@@H](CNc3ccccn3)C2)c(C)c1. The van der Waals surface area contributed by atoms with Crippen molar-refractivity contribution in [1.82, 2.24) is 9.88 Å². The number of amides is 1. The fourth-order valence-electron chi connectivity index (χ4n) is 3.29. The van der Waals surface area contributed by atoms with Crippen molar-refractivity contribution in [3.63, 3.8) is 0 Å². The standard InChI is InChI=1S/C20H26N4O/c1-15-6-7-18(16(2)11-15)23-20(25)14-24-10-8-17(13-24)12-22-19-5-3-4-9-21-19/h3-7,9,11,17H,8,10,12-14H2,1-2H3,(H,21,22)(H,23,25)/t17-/m0/s1. The number of likely N-dealkylation sites (tertiary alicyclic amines) is 1. The average Bonchev–Trinajstić information content (AvgIpc) is 3.04. The lowest BCUT2D eigenvalue weighted by atomic mass is 10.1. The second-order valence-corrected chi connectivity index (χ2v) is 6.85. The molecule has 1 atom stereocenters. The minimum absolute atomic E-state index is 0.0605. The summed E-state index contributed by atoms with van der Waals surface area (Å²) < 4.78 is 0. The fourth-order valence-corrected chi connectivity index (χ4v) is 3.29. The van der Waals surface area contributed by atoms with Crippen LogP contribution in [0.1, 0.15) is 17.5 Å². The summed E-state index contributed by atoms with van der Waals surface area (Å²) in [6, 6.07) is 12.0. The van der Waals surface area contributed by atoms with Crippen molar-refractivity contribution in [3.8, 4) is 0 Å². The number of aryl methyl sites for hydroxylation is 2. The Balaban J connectivity index is 1.43. The minimum atomic E-state index is 0.0605. The molecule has 2 N–H and O–H groups in total. The monoisotopic (exact) mass is 338 g/mol. The summed E-state index contributed by atoms with van der Waals surface area (Å²) in [6.07, 6.45) is 2.90. The number of anilines is 2. The van der Waals surface area contributed by atoms with Gasteiger partial charge in [0.2, 0.25) is 5.91 Å². The van der Waals surface area contributed by atoms with Crippen molar-refractivity contribution >= 4 is 17.4 Å². The molecule has 1 amide bonds. The van der Waals surface area contributed by atoms with Crippen LogP contribution in [0.4, 0.5) is 11.5 Å². The van der Waals surface area contributed by atoms with E-state index in [0.717, 1.165) is 43.1 Å². The van der Waals surface area contributed by atoms with Gasteiger partial charge in [0.15, 0.2) is 0 Å². The van der Waals surface area contributed by atoms with E-state index in [1.54, 1.807) is 6.20 Å². The van der Waals surface area contributed by atoms with Crippen molar-refractivity contribution in [2.45, 2.75) is 20.3 Å². The molecule has 0 saturated carbocycles. The van der Waals surface area contributed by atoms with Gasteiger partial charge < -0.3 is 10.6 Å². The highest BCUT2D eigenvalue weighted by atomic mass is 16.2. The van der Waals surface area contributed by atoms with Gasteiger partial charge in [-0.3, -0.25) is 9.69 Å². The Bertz CT molecular complexity index is 717. The van der Waals surface area contributed by atoms with Gasteiger partial charge in [-0.2, -0.15) is 0 Å². The van der Waals surface area contributed by atoms with Crippen LogP contribution in [-0.2, 0) is 4.79 Å². The van der Waals surface area contributed by atoms with Crippen LogP contribution in [0.25, 0.3) is 0 Å². The number of carbonyl (C=O) groups is 1. The van der Waals surface area contributed by atoms with Gasteiger partial charge >= 0.3 is 0 Å². The number of nitrogens with one attached hydrogen (secondary N) is 2. The molecule has 25 heavy (non-hydrogen) atoms. The Morgan fingerprint density at radius 3 is 2.92 bits per heavy atom. The molecule has 1 fully saturated rings. The van der Waals surface area contributed by atoms with E-state index < -0.39 is 0 Å². The number of carbonyl (C=O) groups excluding carboxylic acids is 1. The van der Waals surface area contributed by atoms with Crippen molar-refractivity contribution < 1.29 is 4.79 Å². The maximum absolute atomic E-state index is 12.3. The van der Waals surface area contributed by atoms with Gasteiger partial charge in [0, 0.05) is 25.0 Å². The van der Waals surface area contributed by atoms with Gasteiger partial charge in [0.05, 0.1) is 6.54 Å². The number of hydrogen-bond acceptors (Lipinski definition) is 4. The average molecular weight is 338 g/mol. The first-order valence-electron chi connectivity index (χ1n) is 8.84. The largest absolute Gasteiger partial charge is 0.370 e. The van der Waals surface area contributed by atoms with E-state index in [9.17, 15) is 4.79 Å². The van der Waals surface area contributed by atoms with Gasteiger partial charge in [-0.05, 0) is 56.5 Å². The number of benzene rings is 1. The molecular weight excluding hydrogens is 312 g/mol.